The van der Waals surface area contributed by atoms with Gasteiger partial charge in [-0.3, -0.25) is 0 Å². The summed E-state index contributed by atoms with van der Waals surface area (Å²) in [5.74, 6) is 0. The predicted octanol–water partition coefficient (Wildman–Crippen LogP) is 13.0. The monoisotopic (exact) mass is 582 g/mol. The highest BCUT2D eigenvalue weighted by atomic mass is 14.1. The van der Waals surface area contributed by atoms with Crippen LogP contribution in [0.2, 0.25) is 0 Å². The fourth-order valence-electron chi connectivity index (χ4n) is 6.96. The van der Waals surface area contributed by atoms with Gasteiger partial charge < -0.3 is 0 Å². The van der Waals surface area contributed by atoms with Crippen molar-refractivity contribution >= 4 is 43.1 Å². The SMILES string of the molecule is c1ccc2cc(-c3ccc(-c4ccc5cc(-c6ccc(-c7cccc8c7ccc7ccccc78)cc6)ccc5c4)cc3)ccc2c1. The predicted molar refractivity (Wildman–Crippen MR) is 198 cm³/mol. The molecule has 0 aliphatic rings. The summed E-state index contributed by atoms with van der Waals surface area (Å²) in [7, 11) is 0. The molecule has 0 nitrogen and oxygen atoms in total. The van der Waals surface area contributed by atoms with Crippen molar-refractivity contribution in [1.29, 1.82) is 0 Å². The quantitative estimate of drug-likeness (QED) is 0.181. The van der Waals surface area contributed by atoms with Gasteiger partial charge in [0, 0.05) is 0 Å². The number of rotatable bonds is 4. The molecule has 0 heteroatoms. The third kappa shape index (κ3) is 4.64. The first-order valence-corrected chi connectivity index (χ1v) is 15.9. The molecule has 0 aliphatic carbocycles. The molecule has 0 aliphatic heterocycles. The van der Waals surface area contributed by atoms with E-state index in [9.17, 15) is 0 Å². The van der Waals surface area contributed by atoms with Gasteiger partial charge in [-0.25, -0.2) is 0 Å². The second kappa shape index (κ2) is 10.9. The van der Waals surface area contributed by atoms with Crippen molar-refractivity contribution in [3.05, 3.63) is 182 Å². The topological polar surface area (TPSA) is 0 Å². The third-order valence-electron chi connectivity index (χ3n) is 9.46. The zero-order chi connectivity index (χ0) is 30.5. The normalized spacial score (nSPS) is 11.5. The van der Waals surface area contributed by atoms with E-state index in [0.29, 0.717) is 0 Å². The van der Waals surface area contributed by atoms with Crippen LogP contribution in [-0.2, 0) is 0 Å². The van der Waals surface area contributed by atoms with Crippen LogP contribution < -0.4 is 0 Å². The van der Waals surface area contributed by atoms with E-state index in [1.807, 2.05) is 0 Å². The third-order valence-corrected chi connectivity index (χ3v) is 9.46. The molecule has 0 N–H and O–H groups in total. The van der Waals surface area contributed by atoms with Gasteiger partial charge >= 0.3 is 0 Å². The lowest BCUT2D eigenvalue weighted by atomic mass is 9.93. The Bertz CT molecular complexity index is 2550. The maximum absolute atomic E-state index is 2.31. The molecule has 9 aromatic rings. The first-order valence-electron chi connectivity index (χ1n) is 15.9. The molecule has 0 bridgehead atoms. The van der Waals surface area contributed by atoms with Crippen LogP contribution in [0.1, 0.15) is 0 Å². The van der Waals surface area contributed by atoms with Gasteiger partial charge in [-0.1, -0.05) is 164 Å². The van der Waals surface area contributed by atoms with Gasteiger partial charge in [0.1, 0.15) is 0 Å². The number of fused-ring (bicyclic) bond motifs is 5. The van der Waals surface area contributed by atoms with Gasteiger partial charge in [-0.05, 0) is 106 Å². The highest BCUT2D eigenvalue weighted by Crippen LogP contribution is 2.35. The van der Waals surface area contributed by atoms with Crippen LogP contribution in [0, 0.1) is 0 Å². The van der Waals surface area contributed by atoms with E-state index in [1.54, 1.807) is 0 Å². The Kier molecular flexibility index (Phi) is 6.25. The van der Waals surface area contributed by atoms with Crippen LogP contribution in [0.3, 0.4) is 0 Å². The van der Waals surface area contributed by atoms with E-state index in [0.717, 1.165) is 0 Å². The molecule has 46 heavy (non-hydrogen) atoms. The highest BCUT2D eigenvalue weighted by molar-refractivity contribution is 6.12. The Morgan fingerprint density at radius 1 is 0.196 bits per heavy atom. The van der Waals surface area contributed by atoms with Gasteiger partial charge in [-0.15, -0.1) is 0 Å². The van der Waals surface area contributed by atoms with Crippen molar-refractivity contribution in [3.8, 4) is 44.5 Å². The van der Waals surface area contributed by atoms with E-state index in [2.05, 4.69) is 182 Å². The van der Waals surface area contributed by atoms with E-state index in [1.165, 1.54) is 87.6 Å². The lowest BCUT2D eigenvalue weighted by Gasteiger charge is -2.11. The van der Waals surface area contributed by atoms with Crippen molar-refractivity contribution < 1.29 is 0 Å². The zero-order valence-corrected chi connectivity index (χ0v) is 25.3. The molecule has 0 radical (unpaired) electrons. The van der Waals surface area contributed by atoms with Crippen molar-refractivity contribution in [3.63, 3.8) is 0 Å². The van der Waals surface area contributed by atoms with E-state index < -0.39 is 0 Å². The Morgan fingerprint density at radius 3 is 1.22 bits per heavy atom. The molecule has 0 fully saturated rings. The van der Waals surface area contributed by atoms with Gasteiger partial charge in [0.15, 0.2) is 0 Å². The Hall–Kier alpha value is -5.98. The molecular weight excluding hydrogens is 553 g/mol. The summed E-state index contributed by atoms with van der Waals surface area (Å²) in [4.78, 5) is 0. The van der Waals surface area contributed by atoms with Crippen LogP contribution in [0.5, 0.6) is 0 Å². The molecule has 9 aromatic carbocycles. The summed E-state index contributed by atoms with van der Waals surface area (Å²) in [6.07, 6.45) is 0. The van der Waals surface area contributed by atoms with Gasteiger partial charge in [0.25, 0.3) is 0 Å². The molecule has 9 rings (SSSR count). The van der Waals surface area contributed by atoms with E-state index >= 15 is 0 Å². The summed E-state index contributed by atoms with van der Waals surface area (Å²) >= 11 is 0. The van der Waals surface area contributed by atoms with Gasteiger partial charge in [0.05, 0.1) is 0 Å². The van der Waals surface area contributed by atoms with Crippen LogP contribution in [0.15, 0.2) is 182 Å². The fraction of sp³-hybridized carbons (Fsp3) is 0. The second-order valence-electron chi connectivity index (χ2n) is 12.2. The molecular formula is C46H30. The largest absolute Gasteiger partial charge is 0.0616 e. The smallest absolute Gasteiger partial charge is 0.00990 e. The Balaban J connectivity index is 0.986. The Morgan fingerprint density at radius 2 is 0.609 bits per heavy atom. The fourth-order valence-corrected chi connectivity index (χ4v) is 6.96. The Labute approximate surface area is 268 Å². The molecule has 0 heterocycles. The summed E-state index contributed by atoms with van der Waals surface area (Å²) in [6.45, 7) is 0. The maximum atomic E-state index is 2.31. The second-order valence-corrected chi connectivity index (χ2v) is 12.2. The molecule has 214 valence electrons. The van der Waals surface area contributed by atoms with Crippen LogP contribution in [-0.4, -0.2) is 0 Å². The minimum Gasteiger partial charge on any atom is -0.0616 e. The molecule has 0 unspecified atom stereocenters. The minimum atomic E-state index is 1.23. The average molecular weight is 583 g/mol. The number of hydrogen-bond acceptors (Lipinski definition) is 0. The molecule has 0 atom stereocenters. The van der Waals surface area contributed by atoms with Crippen molar-refractivity contribution in [1.82, 2.24) is 0 Å². The number of benzene rings is 9. The first kappa shape index (κ1) is 26.4. The molecule has 0 saturated carbocycles. The lowest BCUT2D eigenvalue weighted by molar-refractivity contribution is 1.60. The van der Waals surface area contributed by atoms with Crippen molar-refractivity contribution in [2.45, 2.75) is 0 Å². The van der Waals surface area contributed by atoms with Crippen LogP contribution in [0.25, 0.3) is 87.6 Å². The average Bonchev–Trinajstić information content (AvgIpc) is 3.14. The standard InChI is InChI=1S/C46H30/c1-2-8-37-28-38(21-18-31(37)6-1)32-12-14-33(15-13-32)39-22-24-42-30-40(23-25-41(42)29-39)34-16-19-36(20-17-34)44-10-5-11-45-43-9-4-3-7-35(43)26-27-46(44)45/h1-30H. The van der Waals surface area contributed by atoms with Crippen LogP contribution in [0.4, 0.5) is 0 Å². The lowest BCUT2D eigenvalue weighted by Crippen LogP contribution is -1.85. The molecule has 0 aromatic heterocycles. The summed E-state index contributed by atoms with van der Waals surface area (Å²) < 4.78 is 0. The maximum Gasteiger partial charge on any atom is -0.00990 e. The first-order chi connectivity index (χ1) is 22.8. The summed E-state index contributed by atoms with van der Waals surface area (Å²) in [6, 6.07) is 66.5. The van der Waals surface area contributed by atoms with Crippen molar-refractivity contribution in [2.75, 3.05) is 0 Å². The number of hydrogen-bond donors (Lipinski definition) is 0. The summed E-state index contributed by atoms with van der Waals surface area (Å²) in [5.41, 5.74) is 9.91. The summed E-state index contributed by atoms with van der Waals surface area (Å²) in [5, 5.41) is 10.2. The molecule has 0 saturated heterocycles. The van der Waals surface area contributed by atoms with Gasteiger partial charge in [0.2, 0.25) is 0 Å². The molecule has 0 amide bonds. The highest BCUT2D eigenvalue weighted by Gasteiger charge is 2.09. The van der Waals surface area contributed by atoms with E-state index in [-0.39, 0.29) is 0 Å². The van der Waals surface area contributed by atoms with Gasteiger partial charge in [-0.2, -0.15) is 0 Å². The zero-order valence-electron chi connectivity index (χ0n) is 25.3. The van der Waals surface area contributed by atoms with Crippen LogP contribution >= 0.6 is 0 Å². The molecule has 0 spiro atoms. The minimum absolute atomic E-state index is 1.23. The van der Waals surface area contributed by atoms with E-state index in [4.69, 9.17) is 0 Å². The van der Waals surface area contributed by atoms with Crippen molar-refractivity contribution in [2.24, 2.45) is 0 Å².